The minimum atomic E-state index is -0.353. The Labute approximate surface area is 143 Å². The number of nitrogens with zero attached hydrogens (tertiary/aromatic N) is 2. The summed E-state index contributed by atoms with van der Waals surface area (Å²) in [5, 5.41) is 17.6. The molecule has 0 radical (unpaired) electrons. The average Bonchev–Trinajstić information content (AvgIpc) is 3.00. The van der Waals surface area contributed by atoms with Crippen molar-refractivity contribution < 1.29 is 14.4 Å². The van der Waals surface area contributed by atoms with Gasteiger partial charge in [-0.2, -0.15) is 5.10 Å². The summed E-state index contributed by atoms with van der Waals surface area (Å²) >= 11 is 0. The zero-order valence-corrected chi connectivity index (χ0v) is 14.9. The second kappa shape index (κ2) is 6.48. The lowest BCUT2D eigenvalue weighted by Crippen LogP contribution is -2.41. The van der Waals surface area contributed by atoms with Gasteiger partial charge in [-0.3, -0.25) is 4.68 Å². The Hall–Kier alpha value is -1.41. The smallest absolute Gasteiger partial charge is 0.399 e. The van der Waals surface area contributed by atoms with E-state index in [1.54, 1.807) is 0 Å². The fraction of sp³-hybridized carbons (Fsp3) is 0.588. The Bertz CT molecular complexity index is 698. The van der Waals surface area contributed by atoms with Gasteiger partial charge in [0, 0.05) is 24.7 Å². The highest BCUT2D eigenvalue weighted by Crippen LogP contribution is 2.36. The van der Waals surface area contributed by atoms with Gasteiger partial charge < -0.3 is 19.7 Å². The molecule has 2 heterocycles. The van der Waals surface area contributed by atoms with Gasteiger partial charge >= 0.3 is 7.12 Å². The first kappa shape index (κ1) is 17.4. The number of benzene rings is 1. The topological polar surface area (TPSA) is 68.5 Å². The Balaban J connectivity index is 1.75. The molecule has 1 saturated heterocycles. The number of rotatable bonds is 6. The van der Waals surface area contributed by atoms with Crippen molar-refractivity contribution in [3.05, 3.63) is 24.4 Å². The van der Waals surface area contributed by atoms with E-state index >= 15 is 0 Å². The van der Waals surface area contributed by atoms with Crippen LogP contribution in [-0.4, -0.2) is 52.9 Å². The molecule has 24 heavy (non-hydrogen) atoms. The standard InChI is InChI=1S/C17H26BN3O3/c1-16(2)17(3,4)24-18(23-16)14-5-6-15-13(11-14)12-21(20-15)9-7-19-8-10-22/h5-6,11-12,19,22H,7-10H2,1-4H3. The maximum absolute atomic E-state index is 8.78. The Kier molecular flexibility index (Phi) is 4.70. The number of fused-ring (bicyclic) bond motifs is 1. The second-order valence-corrected chi connectivity index (χ2v) is 7.27. The van der Waals surface area contributed by atoms with Gasteiger partial charge in [-0.1, -0.05) is 12.1 Å². The van der Waals surface area contributed by atoms with Crippen LogP contribution in [0.1, 0.15) is 27.7 Å². The van der Waals surface area contributed by atoms with E-state index < -0.39 is 0 Å². The molecule has 0 atom stereocenters. The maximum atomic E-state index is 8.78. The summed E-state index contributed by atoms with van der Waals surface area (Å²) < 4.78 is 14.1. The van der Waals surface area contributed by atoms with Gasteiger partial charge in [-0.15, -0.1) is 0 Å². The molecule has 1 aliphatic heterocycles. The molecule has 1 fully saturated rings. The van der Waals surface area contributed by atoms with Crippen LogP contribution in [0.4, 0.5) is 0 Å². The Morgan fingerprint density at radius 3 is 2.54 bits per heavy atom. The largest absolute Gasteiger partial charge is 0.494 e. The third-order valence-electron chi connectivity index (χ3n) is 4.91. The molecule has 0 spiro atoms. The fourth-order valence-corrected chi connectivity index (χ4v) is 2.73. The van der Waals surface area contributed by atoms with Gasteiger partial charge in [-0.25, -0.2) is 0 Å². The normalized spacial score (nSPS) is 19.3. The molecule has 3 rings (SSSR count). The van der Waals surface area contributed by atoms with E-state index in [4.69, 9.17) is 14.4 Å². The first-order chi connectivity index (χ1) is 11.3. The van der Waals surface area contributed by atoms with E-state index in [2.05, 4.69) is 44.2 Å². The predicted octanol–water partition coefficient (Wildman–Crippen LogP) is 0.917. The molecule has 1 aliphatic rings. The minimum absolute atomic E-state index is 0.151. The Morgan fingerprint density at radius 1 is 1.17 bits per heavy atom. The molecule has 7 heteroatoms. The summed E-state index contributed by atoms with van der Waals surface area (Å²) in [6.07, 6.45) is 2.03. The van der Waals surface area contributed by atoms with Gasteiger partial charge in [0.15, 0.2) is 0 Å². The summed E-state index contributed by atoms with van der Waals surface area (Å²) in [6.45, 7) is 10.5. The number of aliphatic hydroxyl groups excluding tert-OH is 1. The summed E-state index contributed by atoms with van der Waals surface area (Å²) in [5.74, 6) is 0. The molecule has 1 aromatic heterocycles. The van der Waals surface area contributed by atoms with Crippen molar-refractivity contribution in [1.82, 2.24) is 15.1 Å². The van der Waals surface area contributed by atoms with Crippen LogP contribution in [0.3, 0.4) is 0 Å². The highest BCUT2D eigenvalue weighted by molar-refractivity contribution is 6.62. The highest BCUT2D eigenvalue weighted by atomic mass is 16.7. The van der Waals surface area contributed by atoms with E-state index in [9.17, 15) is 0 Å². The molecular formula is C17H26BN3O3. The van der Waals surface area contributed by atoms with Crippen LogP contribution in [0.2, 0.25) is 0 Å². The van der Waals surface area contributed by atoms with Crippen LogP contribution in [0, 0.1) is 0 Å². The van der Waals surface area contributed by atoms with Gasteiger partial charge in [-0.05, 0) is 39.2 Å². The molecule has 2 N–H and O–H groups in total. The van der Waals surface area contributed by atoms with E-state index in [1.807, 2.05) is 23.0 Å². The first-order valence-electron chi connectivity index (χ1n) is 8.47. The number of aromatic nitrogens is 2. The third kappa shape index (κ3) is 3.35. The van der Waals surface area contributed by atoms with Crippen molar-refractivity contribution >= 4 is 23.5 Å². The fourth-order valence-electron chi connectivity index (χ4n) is 2.73. The summed E-state index contributed by atoms with van der Waals surface area (Å²) in [4.78, 5) is 0. The van der Waals surface area contributed by atoms with Crippen LogP contribution in [0.15, 0.2) is 24.4 Å². The molecular weight excluding hydrogens is 305 g/mol. The average molecular weight is 331 g/mol. The van der Waals surface area contributed by atoms with Crippen molar-refractivity contribution in [2.24, 2.45) is 0 Å². The van der Waals surface area contributed by atoms with Crippen molar-refractivity contribution in [2.45, 2.75) is 45.4 Å². The van der Waals surface area contributed by atoms with E-state index in [1.165, 1.54) is 0 Å². The predicted molar refractivity (Wildman–Crippen MR) is 95.4 cm³/mol. The summed E-state index contributed by atoms with van der Waals surface area (Å²) in [5.41, 5.74) is 1.29. The van der Waals surface area contributed by atoms with Gasteiger partial charge in [0.1, 0.15) is 0 Å². The molecule has 0 unspecified atom stereocenters. The van der Waals surface area contributed by atoms with Gasteiger partial charge in [0.2, 0.25) is 0 Å². The SMILES string of the molecule is CC1(C)OB(c2ccc3nn(CCNCCO)cc3c2)OC1(C)C. The lowest BCUT2D eigenvalue weighted by atomic mass is 9.79. The molecule has 1 aromatic carbocycles. The van der Waals surface area contributed by atoms with Crippen LogP contribution in [-0.2, 0) is 15.9 Å². The van der Waals surface area contributed by atoms with E-state index in [-0.39, 0.29) is 24.9 Å². The molecule has 6 nitrogen and oxygen atoms in total. The van der Waals surface area contributed by atoms with E-state index in [0.29, 0.717) is 6.54 Å². The van der Waals surface area contributed by atoms with E-state index in [0.717, 1.165) is 29.5 Å². The third-order valence-corrected chi connectivity index (χ3v) is 4.91. The van der Waals surface area contributed by atoms with Crippen molar-refractivity contribution in [1.29, 1.82) is 0 Å². The summed E-state index contributed by atoms with van der Waals surface area (Å²) in [7, 11) is -0.353. The summed E-state index contributed by atoms with van der Waals surface area (Å²) in [6, 6.07) is 6.11. The Morgan fingerprint density at radius 2 is 1.88 bits per heavy atom. The van der Waals surface area contributed by atoms with Gasteiger partial charge in [0.05, 0.1) is 29.9 Å². The van der Waals surface area contributed by atoms with Crippen molar-refractivity contribution in [3.8, 4) is 0 Å². The lowest BCUT2D eigenvalue weighted by molar-refractivity contribution is 0.00578. The molecule has 0 aliphatic carbocycles. The number of hydrogen-bond acceptors (Lipinski definition) is 5. The van der Waals surface area contributed by atoms with Crippen LogP contribution >= 0.6 is 0 Å². The van der Waals surface area contributed by atoms with Gasteiger partial charge in [0.25, 0.3) is 0 Å². The monoisotopic (exact) mass is 331 g/mol. The first-order valence-corrected chi connectivity index (χ1v) is 8.47. The van der Waals surface area contributed by atoms with Crippen LogP contribution in [0.5, 0.6) is 0 Å². The molecule has 0 amide bonds. The molecule has 0 saturated carbocycles. The minimum Gasteiger partial charge on any atom is -0.399 e. The molecule has 0 bridgehead atoms. The number of hydrogen-bond donors (Lipinski definition) is 2. The van der Waals surface area contributed by atoms with Crippen molar-refractivity contribution in [3.63, 3.8) is 0 Å². The molecule has 2 aromatic rings. The lowest BCUT2D eigenvalue weighted by Gasteiger charge is -2.32. The van der Waals surface area contributed by atoms with Crippen molar-refractivity contribution in [2.75, 3.05) is 19.7 Å². The van der Waals surface area contributed by atoms with Crippen LogP contribution in [0.25, 0.3) is 10.9 Å². The number of nitrogens with one attached hydrogen (secondary N) is 1. The second-order valence-electron chi connectivity index (χ2n) is 7.27. The quantitative estimate of drug-likeness (QED) is 0.609. The highest BCUT2D eigenvalue weighted by Gasteiger charge is 2.51. The van der Waals surface area contributed by atoms with Crippen LogP contribution < -0.4 is 10.8 Å². The zero-order valence-electron chi connectivity index (χ0n) is 14.9. The maximum Gasteiger partial charge on any atom is 0.494 e. The molecule has 130 valence electrons. The zero-order chi connectivity index (χ0) is 17.4. The number of aliphatic hydroxyl groups is 1.